The topological polar surface area (TPSA) is 17.1 Å². The molecule has 0 amide bonds. The molecule has 1 atom stereocenters. The maximum atomic E-state index is 11.1. The highest BCUT2D eigenvalue weighted by molar-refractivity contribution is 7.86. The second-order valence-corrected chi connectivity index (χ2v) is 4.30. The molecule has 0 unspecified atom stereocenters. The molecule has 1 nitrogen and oxygen atoms in total. The molecular formula is C8H9ClOS. The van der Waals surface area contributed by atoms with Crippen LogP contribution in [0, 0.1) is 6.92 Å². The lowest BCUT2D eigenvalue weighted by Gasteiger charge is -1.97. The first-order chi connectivity index (χ1) is 5.24. The lowest BCUT2D eigenvalue weighted by atomic mass is 10.2. The molecule has 0 aliphatic rings. The zero-order valence-electron chi connectivity index (χ0n) is 6.21. The molecule has 0 fully saturated rings. The van der Waals surface area contributed by atoms with Gasteiger partial charge in [-0.15, -0.1) is 11.6 Å². The first-order valence-corrected chi connectivity index (χ1v) is 5.10. The largest absolute Gasteiger partial charge is 0.253 e. The predicted molar refractivity (Wildman–Crippen MR) is 48.3 cm³/mol. The van der Waals surface area contributed by atoms with E-state index in [2.05, 4.69) is 0 Å². The van der Waals surface area contributed by atoms with Gasteiger partial charge in [0, 0.05) is 4.90 Å². The van der Waals surface area contributed by atoms with E-state index in [9.17, 15) is 4.21 Å². The fourth-order valence-corrected chi connectivity index (χ4v) is 1.70. The third kappa shape index (κ3) is 2.31. The van der Waals surface area contributed by atoms with Crippen molar-refractivity contribution < 1.29 is 4.21 Å². The van der Waals surface area contributed by atoms with E-state index in [4.69, 9.17) is 11.6 Å². The molecule has 1 aromatic carbocycles. The molecule has 3 heteroatoms. The number of benzene rings is 1. The number of hydrogen-bond donors (Lipinski definition) is 0. The molecule has 0 aliphatic heterocycles. The summed E-state index contributed by atoms with van der Waals surface area (Å²) in [6.07, 6.45) is 0. The minimum atomic E-state index is -1.03. The summed E-state index contributed by atoms with van der Waals surface area (Å²) in [5.74, 6) is 0. The Hall–Kier alpha value is -0.340. The van der Waals surface area contributed by atoms with Gasteiger partial charge in [-0.1, -0.05) is 17.7 Å². The molecule has 60 valence electrons. The molecule has 0 bridgehead atoms. The highest BCUT2D eigenvalue weighted by Gasteiger charge is 1.99. The van der Waals surface area contributed by atoms with E-state index in [1.807, 2.05) is 31.2 Å². The second kappa shape index (κ2) is 3.88. The van der Waals surface area contributed by atoms with Gasteiger partial charge in [-0.05, 0) is 19.1 Å². The highest BCUT2D eigenvalue weighted by atomic mass is 35.5. The van der Waals surface area contributed by atoms with Crippen molar-refractivity contribution in [3.63, 3.8) is 0 Å². The number of halogens is 1. The van der Waals surface area contributed by atoms with Gasteiger partial charge in [0.05, 0.1) is 10.8 Å². The number of hydrogen-bond acceptors (Lipinski definition) is 1. The maximum Gasteiger partial charge on any atom is 0.103 e. The van der Waals surface area contributed by atoms with Crippen LogP contribution < -0.4 is 0 Å². The van der Waals surface area contributed by atoms with Gasteiger partial charge in [-0.2, -0.15) is 0 Å². The molecule has 0 saturated heterocycles. The van der Waals surface area contributed by atoms with Crippen LogP contribution in [0.5, 0.6) is 0 Å². The van der Waals surface area contributed by atoms with Gasteiger partial charge in [-0.3, -0.25) is 4.21 Å². The van der Waals surface area contributed by atoms with Gasteiger partial charge < -0.3 is 0 Å². The fraction of sp³-hybridized carbons (Fsp3) is 0.250. The minimum absolute atomic E-state index is 0.170. The molecule has 0 aliphatic carbocycles. The number of aryl methyl sites for hydroxylation is 1. The smallest absolute Gasteiger partial charge is 0.103 e. The van der Waals surface area contributed by atoms with Crippen LogP contribution in [0.1, 0.15) is 5.56 Å². The van der Waals surface area contributed by atoms with E-state index < -0.39 is 10.8 Å². The third-order valence-electron chi connectivity index (χ3n) is 1.38. The Morgan fingerprint density at radius 2 is 1.91 bits per heavy atom. The summed E-state index contributed by atoms with van der Waals surface area (Å²) in [5, 5.41) is 0.170. The van der Waals surface area contributed by atoms with E-state index in [-0.39, 0.29) is 5.21 Å². The average molecular weight is 189 g/mol. The van der Waals surface area contributed by atoms with Crippen molar-refractivity contribution in [3.8, 4) is 0 Å². The Labute approximate surface area is 73.8 Å². The van der Waals surface area contributed by atoms with E-state index in [0.29, 0.717) is 0 Å². The van der Waals surface area contributed by atoms with E-state index >= 15 is 0 Å². The fourth-order valence-electron chi connectivity index (χ4n) is 0.753. The summed E-state index contributed by atoms with van der Waals surface area (Å²) in [4.78, 5) is 0.797. The number of alkyl halides is 1. The van der Waals surface area contributed by atoms with Crippen molar-refractivity contribution in [2.45, 2.75) is 11.8 Å². The Morgan fingerprint density at radius 1 is 1.36 bits per heavy atom. The van der Waals surface area contributed by atoms with Crippen LogP contribution in [0.25, 0.3) is 0 Å². The Balaban J connectivity index is 2.90. The molecule has 1 rings (SSSR count). The van der Waals surface area contributed by atoms with Crippen molar-refractivity contribution in [1.82, 2.24) is 0 Å². The van der Waals surface area contributed by atoms with Crippen molar-refractivity contribution in [2.75, 3.05) is 5.21 Å². The molecule has 0 radical (unpaired) electrons. The van der Waals surface area contributed by atoms with Crippen molar-refractivity contribution in [1.29, 1.82) is 0 Å². The predicted octanol–water partition coefficient (Wildman–Crippen LogP) is 2.30. The summed E-state index contributed by atoms with van der Waals surface area (Å²) < 4.78 is 11.1. The van der Waals surface area contributed by atoms with Gasteiger partial charge in [0.25, 0.3) is 0 Å². The van der Waals surface area contributed by atoms with Crippen LogP contribution in [-0.4, -0.2) is 9.42 Å². The molecule has 0 heterocycles. The molecule has 0 saturated carbocycles. The Kier molecular flexibility index (Phi) is 3.09. The van der Waals surface area contributed by atoms with Gasteiger partial charge >= 0.3 is 0 Å². The third-order valence-corrected chi connectivity index (χ3v) is 2.97. The van der Waals surface area contributed by atoms with Crippen LogP contribution in [0.15, 0.2) is 29.2 Å². The van der Waals surface area contributed by atoms with Crippen molar-refractivity contribution in [2.24, 2.45) is 0 Å². The highest BCUT2D eigenvalue weighted by Crippen LogP contribution is 2.08. The van der Waals surface area contributed by atoms with Gasteiger partial charge in [0.1, 0.15) is 5.21 Å². The second-order valence-electron chi connectivity index (χ2n) is 2.27. The zero-order chi connectivity index (χ0) is 8.27. The zero-order valence-corrected chi connectivity index (χ0v) is 7.78. The summed E-state index contributed by atoms with van der Waals surface area (Å²) >= 11 is 5.43. The lowest BCUT2D eigenvalue weighted by Crippen LogP contribution is -1.90. The first kappa shape index (κ1) is 8.75. The van der Waals surface area contributed by atoms with E-state index in [0.717, 1.165) is 4.90 Å². The van der Waals surface area contributed by atoms with Crippen LogP contribution in [0.4, 0.5) is 0 Å². The monoisotopic (exact) mass is 188 g/mol. The van der Waals surface area contributed by atoms with Gasteiger partial charge in [0.15, 0.2) is 0 Å². The molecule has 0 N–H and O–H groups in total. The SMILES string of the molecule is Cc1ccc([S@](=O)CCl)cc1. The van der Waals surface area contributed by atoms with Gasteiger partial charge in [0.2, 0.25) is 0 Å². The Bertz CT molecular complexity index is 255. The molecule has 0 aromatic heterocycles. The van der Waals surface area contributed by atoms with Crippen LogP contribution in [-0.2, 0) is 10.8 Å². The van der Waals surface area contributed by atoms with E-state index in [1.54, 1.807) is 0 Å². The minimum Gasteiger partial charge on any atom is -0.253 e. The molecule has 1 aromatic rings. The maximum absolute atomic E-state index is 11.1. The summed E-state index contributed by atoms with van der Waals surface area (Å²) in [6, 6.07) is 7.54. The first-order valence-electron chi connectivity index (χ1n) is 3.25. The normalized spacial score (nSPS) is 12.9. The van der Waals surface area contributed by atoms with E-state index in [1.165, 1.54) is 5.56 Å². The standard InChI is InChI=1S/C8H9ClOS/c1-7-2-4-8(5-3-7)11(10)6-9/h2-5H,6H2,1H3/t11-/m1/s1. The van der Waals surface area contributed by atoms with Crippen LogP contribution in [0.3, 0.4) is 0 Å². The average Bonchev–Trinajstić information content (AvgIpc) is 2.05. The van der Waals surface area contributed by atoms with Crippen LogP contribution in [0.2, 0.25) is 0 Å². The molecule has 0 spiro atoms. The van der Waals surface area contributed by atoms with Crippen molar-refractivity contribution in [3.05, 3.63) is 29.8 Å². The summed E-state index contributed by atoms with van der Waals surface area (Å²) in [7, 11) is -1.03. The van der Waals surface area contributed by atoms with Crippen LogP contribution >= 0.6 is 11.6 Å². The quantitative estimate of drug-likeness (QED) is 0.651. The summed E-state index contributed by atoms with van der Waals surface area (Å²) in [5.41, 5.74) is 1.17. The van der Waals surface area contributed by atoms with Gasteiger partial charge in [-0.25, -0.2) is 0 Å². The number of rotatable bonds is 2. The molecular weight excluding hydrogens is 180 g/mol. The van der Waals surface area contributed by atoms with Crippen molar-refractivity contribution >= 4 is 22.4 Å². The summed E-state index contributed by atoms with van der Waals surface area (Å²) in [6.45, 7) is 1.99. The molecule has 11 heavy (non-hydrogen) atoms. The Morgan fingerprint density at radius 3 is 2.36 bits per heavy atom. The lowest BCUT2D eigenvalue weighted by molar-refractivity contribution is 0.686.